The van der Waals surface area contributed by atoms with E-state index >= 15 is 0 Å². The first-order valence-electron chi connectivity index (χ1n) is 12.2. The molecular weight excluding hydrogens is 408 g/mol. The molecule has 4 rings (SSSR count). The molecule has 3 heterocycles. The van der Waals surface area contributed by atoms with E-state index in [4.69, 9.17) is 9.72 Å². The lowest BCUT2D eigenvalue weighted by molar-refractivity contribution is -0.109. The molecule has 0 aliphatic carbocycles. The minimum Gasteiger partial charge on any atom is -0.375 e. The van der Waals surface area contributed by atoms with Crippen molar-refractivity contribution in [3.05, 3.63) is 65.9 Å². The van der Waals surface area contributed by atoms with Crippen LogP contribution in [0.15, 0.2) is 48.8 Å². The Morgan fingerprint density at radius 2 is 1.82 bits per heavy atom. The Labute approximate surface area is 198 Å². The average Bonchev–Trinajstić information content (AvgIpc) is 3.25. The summed E-state index contributed by atoms with van der Waals surface area (Å²) in [6.45, 7) is 16.0. The minimum absolute atomic E-state index is 0.0212. The first-order chi connectivity index (χ1) is 15.7. The lowest BCUT2D eigenvalue weighted by Gasteiger charge is -2.46. The summed E-state index contributed by atoms with van der Waals surface area (Å²) in [6.07, 6.45) is 6.92. The van der Waals surface area contributed by atoms with Crippen LogP contribution in [0.1, 0.15) is 64.5 Å². The monoisotopic (exact) mass is 446 g/mol. The van der Waals surface area contributed by atoms with Crippen molar-refractivity contribution in [2.45, 2.75) is 71.9 Å². The number of aryl methyl sites for hydroxylation is 2. The second-order valence-corrected chi connectivity index (χ2v) is 10.5. The van der Waals surface area contributed by atoms with Gasteiger partial charge in [-0.15, -0.1) is 0 Å². The van der Waals surface area contributed by atoms with Crippen LogP contribution in [0.3, 0.4) is 0 Å². The van der Waals surface area contributed by atoms with Gasteiger partial charge in [-0.3, -0.25) is 9.88 Å². The van der Waals surface area contributed by atoms with Crippen molar-refractivity contribution in [2.24, 2.45) is 5.41 Å². The minimum atomic E-state index is -0.241. The molecule has 2 aromatic heterocycles. The van der Waals surface area contributed by atoms with Gasteiger partial charge in [-0.2, -0.15) is 0 Å². The van der Waals surface area contributed by atoms with Crippen LogP contribution in [0.25, 0.3) is 10.9 Å². The molecule has 5 heteroatoms. The number of nitrogens with zero attached hydrogens (tertiary/aromatic N) is 4. The van der Waals surface area contributed by atoms with E-state index in [0.29, 0.717) is 6.61 Å². The molecule has 0 amide bonds. The molecule has 0 spiro atoms. The van der Waals surface area contributed by atoms with Crippen molar-refractivity contribution >= 4 is 10.9 Å². The Morgan fingerprint density at radius 1 is 1.03 bits per heavy atom. The highest BCUT2D eigenvalue weighted by atomic mass is 16.5. The average molecular weight is 447 g/mol. The van der Waals surface area contributed by atoms with Crippen molar-refractivity contribution in [3.8, 4) is 0 Å². The molecule has 3 aromatic rings. The van der Waals surface area contributed by atoms with E-state index in [1.165, 1.54) is 5.56 Å². The highest BCUT2D eigenvalue weighted by Crippen LogP contribution is 2.49. The number of pyridine rings is 1. The van der Waals surface area contributed by atoms with Gasteiger partial charge in [-0.25, -0.2) is 9.97 Å². The van der Waals surface area contributed by atoms with Crippen LogP contribution in [0.4, 0.5) is 0 Å². The van der Waals surface area contributed by atoms with E-state index in [2.05, 4.69) is 73.8 Å². The third-order valence-corrected chi connectivity index (χ3v) is 7.91. The maximum Gasteiger partial charge on any atom is 0.128 e. The molecule has 1 unspecified atom stereocenters. The van der Waals surface area contributed by atoms with Crippen LogP contribution < -0.4 is 0 Å². The molecule has 33 heavy (non-hydrogen) atoms. The number of aromatic nitrogens is 3. The van der Waals surface area contributed by atoms with Crippen LogP contribution in [0.2, 0.25) is 0 Å². The Kier molecular flexibility index (Phi) is 6.56. The van der Waals surface area contributed by atoms with Gasteiger partial charge < -0.3 is 4.74 Å². The van der Waals surface area contributed by atoms with E-state index < -0.39 is 0 Å². The first-order valence-corrected chi connectivity index (χ1v) is 12.2. The van der Waals surface area contributed by atoms with E-state index in [0.717, 1.165) is 54.8 Å². The van der Waals surface area contributed by atoms with E-state index in [-0.39, 0.29) is 16.6 Å². The fourth-order valence-corrected chi connectivity index (χ4v) is 5.35. The third kappa shape index (κ3) is 4.67. The first kappa shape index (κ1) is 23.8. The largest absolute Gasteiger partial charge is 0.375 e. The fourth-order valence-electron chi connectivity index (χ4n) is 5.35. The summed E-state index contributed by atoms with van der Waals surface area (Å²) in [7, 11) is 0. The molecule has 1 aliphatic heterocycles. The molecule has 0 N–H and O–H groups in total. The van der Waals surface area contributed by atoms with Gasteiger partial charge in [0.25, 0.3) is 0 Å². The summed E-state index contributed by atoms with van der Waals surface area (Å²) in [5.74, 6) is 0.917. The van der Waals surface area contributed by atoms with Gasteiger partial charge in [-0.05, 0) is 78.6 Å². The summed E-state index contributed by atoms with van der Waals surface area (Å²) < 4.78 is 6.38. The van der Waals surface area contributed by atoms with Gasteiger partial charge in [0.05, 0.1) is 11.1 Å². The Morgan fingerprint density at radius 3 is 2.55 bits per heavy atom. The topological polar surface area (TPSA) is 51.1 Å². The molecule has 0 radical (unpaired) electrons. The molecular formula is C28H38N4O. The van der Waals surface area contributed by atoms with Crippen LogP contribution >= 0.6 is 0 Å². The van der Waals surface area contributed by atoms with Crippen molar-refractivity contribution < 1.29 is 4.74 Å². The zero-order valence-electron chi connectivity index (χ0n) is 21.1. The molecule has 1 aromatic carbocycles. The Bertz CT molecular complexity index is 1090. The number of hydrogen-bond acceptors (Lipinski definition) is 5. The highest BCUT2D eigenvalue weighted by molar-refractivity contribution is 5.77. The summed E-state index contributed by atoms with van der Waals surface area (Å²) in [5, 5.41) is 1.09. The van der Waals surface area contributed by atoms with Gasteiger partial charge in [0.1, 0.15) is 5.82 Å². The van der Waals surface area contributed by atoms with Crippen molar-refractivity contribution in [2.75, 3.05) is 19.7 Å². The summed E-state index contributed by atoms with van der Waals surface area (Å²) in [6, 6.07) is 12.5. The van der Waals surface area contributed by atoms with E-state index in [1.54, 1.807) is 0 Å². The molecule has 176 valence electrons. The zero-order valence-corrected chi connectivity index (χ0v) is 21.1. The molecule has 5 nitrogen and oxygen atoms in total. The molecule has 1 fully saturated rings. The van der Waals surface area contributed by atoms with Crippen LogP contribution in [0.5, 0.6) is 0 Å². The zero-order chi connectivity index (χ0) is 23.7. The predicted octanol–water partition coefficient (Wildman–Crippen LogP) is 5.71. The fraction of sp³-hybridized carbons (Fsp3) is 0.536. The highest BCUT2D eigenvalue weighted by Gasteiger charge is 2.52. The number of para-hydroxylation sites is 1. The van der Waals surface area contributed by atoms with Gasteiger partial charge in [0.2, 0.25) is 0 Å². The quantitative estimate of drug-likeness (QED) is 0.444. The molecule has 1 saturated heterocycles. The molecule has 1 aliphatic rings. The number of fused-ring (bicyclic) bond motifs is 1. The predicted molar refractivity (Wildman–Crippen MR) is 134 cm³/mol. The molecule has 0 bridgehead atoms. The van der Waals surface area contributed by atoms with E-state index in [1.807, 2.05) is 31.5 Å². The molecule has 0 saturated carbocycles. The van der Waals surface area contributed by atoms with Crippen molar-refractivity contribution in [3.63, 3.8) is 0 Å². The summed E-state index contributed by atoms with van der Waals surface area (Å²) in [4.78, 5) is 16.7. The second-order valence-electron chi connectivity index (χ2n) is 10.5. The Balaban J connectivity index is 1.59. The normalized spacial score (nSPS) is 19.9. The number of rotatable bonds is 8. The third-order valence-electron chi connectivity index (χ3n) is 7.91. The van der Waals surface area contributed by atoms with E-state index in [9.17, 15) is 0 Å². The number of hydrogen-bond donors (Lipinski definition) is 0. The number of benzene rings is 1. The second kappa shape index (κ2) is 9.11. The number of ether oxygens (including phenoxy) is 1. The van der Waals surface area contributed by atoms with Gasteiger partial charge >= 0.3 is 0 Å². The summed E-state index contributed by atoms with van der Waals surface area (Å²) >= 11 is 0. The van der Waals surface area contributed by atoms with Crippen LogP contribution in [-0.4, -0.2) is 45.1 Å². The van der Waals surface area contributed by atoms with Crippen LogP contribution in [0, 0.1) is 12.3 Å². The smallest absolute Gasteiger partial charge is 0.128 e. The van der Waals surface area contributed by atoms with Crippen LogP contribution in [-0.2, 0) is 16.7 Å². The van der Waals surface area contributed by atoms with Crippen molar-refractivity contribution in [1.82, 2.24) is 19.9 Å². The summed E-state index contributed by atoms with van der Waals surface area (Å²) in [5.41, 5.74) is 3.02. The van der Waals surface area contributed by atoms with Gasteiger partial charge in [-0.1, -0.05) is 24.3 Å². The lowest BCUT2D eigenvalue weighted by atomic mass is 9.69. The van der Waals surface area contributed by atoms with Gasteiger partial charge in [0, 0.05) is 54.0 Å². The van der Waals surface area contributed by atoms with Gasteiger partial charge in [0.15, 0.2) is 0 Å². The maximum absolute atomic E-state index is 6.38. The SMILES string of the molecule is CCOC(C)(C)C1(CCc2ncc3ccccc3n2)CCN(C(C)(C)c2ccc(C)nc2)C1. The Hall–Kier alpha value is -2.37. The standard InChI is InChI=1S/C28H38N4O/c1-7-33-27(5,6)28(15-14-25-30-18-22-10-8-9-11-24(22)31-25)16-17-32(20-28)26(3,4)23-13-12-21(2)29-19-23/h8-13,18-19H,7,14-17,20H2,1-6H3. The molecule has 1 atom stereocenters. The maximum atomic E-state index is 6.38. The van der Waals surface area contributed by atoms with Crippen molar-refractivity contribution in [1.29, 1.82) is 0 Å². The number of likely N-dealkylation sites (tertiary alicyclic amines) is 1. The lowest BCUT2D eigenvalue weighted by Crippen LogP contribution is -2.50.